The molecule has 0 saturated heterocycles. The number of hydrogen-bond donors (Lipinski definition) is 1. The van der Waals surface area contributed by atoms with Crippen LogP contribution in [-0.2, 0) is 6.54 Å². The number of benzene rings is 2. The molecule has 0 aliphatic rings. The molecular weight excluding hydrogens is 444 g/mol. The summed E-state index contributed by atoms with van der Waals surface area (Å²) in [6.07, 6.45) is -4.83. The summed E-state index contributed by atoms with van der Waals surface area (Å²) in [6.45, 7) is 1.40. The Labute approximate surface area is 178 Å². The molecule has 1 N–H and O–H groups in total. The van der Waals surface area contributed by atoms with E-state index in [4.69, 9.17) is 23.2 Å². The van der Waals surface area contributed by atoms with Crippen molar-refractivity contribution in [2.24, 2.45) is 0 Å². The van der Waals surface area contributed by atoms with Gasteiger partial charge >= 0.3 is 6.36 Å². The van der Waals surface area contributed by atoms with E-state index in [2.05, 4.69) is 15.2 Å². The highest BCUT2D eigenvalue weighted by Gasteiger charge is 2.32. The van der Waals surface area contributed by atoms with E-state index >= 15 is 0 Å². The molecule has 6 nitrogen and oxygen atoms in total. The van der Waals surface area contributed by atoms with E-state index in [-0.39, 0.29) is 17.3 Å². The monoisotopic (exact) mass is 456 g/mol. The summed E-state index contributed by atoms with van der Waals surface area (Å²) in [7, 11) is 0. The molecule has 1 unspecified atom stereocenters. The van der Waals surface area contributed by atoms with Gasteiger partial charge in [0.05, 0.1) is 18.1 Å². The number of aromatic nitrogens is 2. The second-order valence-corrected chi connectivity index (χ2v) is 7.37. The second-order valence-electron chi connectivity index (χ2n) is 6.58. The van der Waals surface area contributed by atoms with Crippen LogP contribution in [0.2, 0.25) is 10.2 Å². The topological polar surface area (TPSA) is 79.9 Å². The molecule has 156 valence electrons. The third-order valence-corrected chi connectivity index (χ3v) is 4.72. The average Bonchev–Trinajstić information content (AvgIpc) is 2.95. The molecule has 30 heavy (non-hydrogen) atoms. The van der Waals surface area contributed by atoms with Crippen molar-refractivity contribution >= 4 is 40.0 Å². The van der Waals surface area contributed by atoms with Gasteiger partial charge in [0.25, 0.3) is 5.91 Å². The van der Waals surface area contributed by atoms with E-state index in [0.717, 1.165) is 24.3 Å². The molecule has 0 saturated carbocycles. The van der Waals surface area contributed by atoms with Crippen molar-refractivity contribution < 1.29 is 22.7 Å². The van der Waals surface area contributed by atoms with Crippen molar-refractivity contribution in [3.8, 4) is 11.8 Å². The van der Waals surface area contributed by atoms with Gasteiger partial charge in [0.2, 0.25) is 0 Å². The van der Waals surface area contributed by atoms with E-state index in [1.165, 1.54) is 11.6 Å². The van der Waals surface area contributed by atoms with E-state index < -0.39 is 23.6 Å². The first-order chi connectivity index (χ1) is 14.0. The first-order valence-corrected chi connectivity index (χ1v) is 9.16. The van der Waals surface area contributed by atoms with Crippen molar-refractivity contribution in [2.45, 2.75) is 25.4 Å². The molecule has 0 aliphatic heterocycles. The van der Waals surface area contributed by atoms with E-state index in [0.29, 0.717) is 15.9 Å². The number of nitriles is 1. The number of carbonyl (C=O) groups is 1. The Morgan fingerprint density at radius 1 is 1.23 bits per heavy atom. The summed E-state index contributed by atoms with van der Waals surface area (Å²) in [5.41, 5.74) is -0.831. The first kappa shape index (κ1) is 21.7. The predicted molar refractivity (Wildman–Crippen MR) is 104 cm³/mol. The van der Waals surface area contributed by atoms with Gasteiger partial charge in [-0.15, -0.1) is 13.2 Å². The van der Waals surface area contributed by atoms with Crippen molar-refractivity contribution in [2.75, 3.05) is 0 Å². The number of amides is 1. The summed E-state index contributed by atoms with van der Waals surface area (Å²) in [5, 5.41) is 17.8. The Kier molecular flexibility index (Phi) is 5.83. The number of carbonyl (C=O) groups excluding carboxylic acids is 1. The zero-order valence-electron chi connectivity index (χ0n) is 15.3. The standard InChI is InChI=1S/C19H13Cl2F3N4O2/c1-18(9-25,10-28-16(21)14-7-4-12(20)8-15(14)27-28)26-17(29)11-2-5-13(6-3-11)30-19(22,23)24/h2-8H,10H2,1H3,(H,26,29). The fourth-order valence-corrected chi connectivity index (χ4v) is 3.14. The number of alkyl halides is 3. The average molecular weight is 457 g/mol. The molecule has 0 aliphatic carbocycles. The SMILES string of the molecule is CC(C#N)(Cn1nc2cc(Cl)ccc2c1Cl)NC(=O)c1ccc(OC(F)(F)F)cc1. The molecule has 1 heterocycles. The molecule has 0 fully saturated rings. The Hall–Kier alpha value is -2.96. The van der Waals surface area contributed by atoms with E-state index in [9.17, 15) is 23.2 Å². The fraction of sp³-hybridized carbons (Fsp3) is 0.211. The summed E-state index contributed by atoms with van der Waals surface area (Å²) in [6, 6.07) is 11.3. The van der Waals surface area contributed by atoms with Crippen LogP contribution >= 0.6 is 23.2 Å². The molecule has 1 aromatic heterocycles. The summed E-state index contributed by atoms with van der Waals surface area (Å²) in [5.74, 6) is -1.12. The Morgan fingerprint density at radius 2 is 1.90 bits per heavy atom. The third kappa shape index (κ3) is 4.96. The van der Waals surface area contributed by atoms with Crippen molar-refractivity contribution in [3.63, 3.8) is 0 Å². The van der Waals surface area contributed by atoms with Crippen LogP contribution in [0.15, 0.2) is 42.5 Å². The van der Waals surface area contributed by atoms with Gasteiger partial charge in [-0.1, -0.05) is 23.2 Å². The van der Waals surface area contributed by atoms with Gasteiger partial charge in [-0.05, 0) is 49.4 Å². The molecule has 1 amide bonds. The highest BCUT2D eigenvalue weighted by molar-refractivity contribution is 6.35. The lowest BCUT2D eigenvalue weighted by Crippen LogP contribution is -2.48. The molecule has 3 rings (SSSR count). The maximum absolute atomic E-state index is 12.5. The van der Waals surface area contributed by atoms with Crippen molar-refractivity contribution in [1.29, 1.82) is 5.26 Å². The van der Waals surface area contributed by atoms with Crippen LogP contribution in [-0.4, -0.2) is 27.6 Å². The lowest BCUT2D eigenvalue weighted by atomic mass is 10.0. The third-order valence-electron chi connectivity index (χ3n) is 4.09. The van der Waals surface area contributed by atoms with Crippen LogP contribution in [0.5, 0.6) is 5.75 Å². The lowest BCUT2D eigenvalue weighted by molar-refractivity contribution is -0.274. The molecule has 0 bridgehead atoms. The van der Waals surface area contributed by atoms with Gasteiger partial charge in [-0.2, -0.15) is 10.4 Å². The number of halogens is 5. The second kappa shape index (κ2) is 8.05. The number of nitrogens with one attached hydrogen (secondary N) is 1. The molecule has 3 aromatic rings. The Bertz CT molecular complexity index is 1140. The highest BCUT2D eigenvalue weighted by atomic mass is 35.5. The van der Waals surface area contributed by atoms with Gasteiger partial charge < -0.3 is 10.1 Å². The lowest BCUT2D eigenvalue weighted by Gasteiger charge is -2.23. The minimum Gasteiger partial charge on any atom is -0.406 e. The molecule has 1 atom stereocenters. The highest BCUT2D eigenvalue weighted by Crippen LogP contribution is 2.27. The van der Waals surface area contributed by atoms with Crippen molar-refractivity contribution in [1.82, 2.24) is 15.1 Å². The summed E-state index contributed by atoms with van der Waals surface area (Å²) in [4.78, 5) is 12.5. The summed E-state index contributed by atoms with van der Waals surface area (Å²) >= 11 is 12.3. The fourth-order valence-electron chi connectivity index (χ4n) is 2.71. The van der Waals surface area contributed by atoms with Crippen LogP contribution in [0.1, 0.15) is 17.3 Å². The molecule has 2 aromatic carbocycles. The first-order valence-electron chi connectivity index (χ1n) is 8.41. The van der Waals surface area contributed by atoms with E-state index in [1.807, 2.05) is 6.07 Å². The van der Waals surface area contributed by atoms with Gasteiger partial charge in [0, 0.05) is 16.0 Å². The zero-order valence-corrected chi connectivity index (χ0v) is 16.8. The maximum Gasteiger partial charge on any atom is 0.573 e. The van der Waals surface area contributed by atoms with Gasteiger partial charge in [0.15, 0.2) is 0 Å². The molecular formula is C19H13Cl2F3N4O2. The molecule has 0 spiro atoms. The van der Waals surface area contributed by atoms with Gasteiger partial charge in [0.1, 0.15) is 16.4 Å². The summed E-state index contributed by atoms with van der Waals surface area (Å²) < 4.78 is 41.9. The van der Waals surface area contributed by atoms with Crippen LogP contribution in [0.4, 0.5) is 13.2 Å². The Balaban J connectivity index is 1.78. The Morgan fingerprint density at radius 3 is 2.50 bits per heavy atom. The molecule has 11 heteroatoms. The zero-order chi connectivity index (χ0) is 22.1. The largest absolute Gasteiger partial charge is 0.573 e. The number of hydrogen-bond acceptors (Lipinski definition) is 4. The number of nitrogens with zero attached hydrogens (tertiary/aromatic N) is 3. The minimum absolute atomic E-state index is 0.0505. The van der Waals surface area contributed by atoms with Crippen molar-refractivity contribution in [3.05, 3.63) is 58.2 Å². The predicted octanol–water partition coefficient (Wildman–Crippen LogP) is 4.95. The normalized spacial score (nSPS) is 13.5. The van der Waals surface area contributed by atoms with Crippen LogP contribution in [0.3, 0.4) is 0 Å². The molecule has 0 radical (unpaired) electrons. The van der Waals surface area contributed by atoms with E-state index in [1.54, 1.807) is 18.2 Å². The van der Waals surface area contributed by atoms with Crippen LogP contribution in [0, 0.1) is 11.3 Å². The van der Waals surface area contributed by atoms with Crippen LogP contribution < -0.4 is 10.1 Å². The van der Waals surface area contributed by atoms with Crippen LogP contribution in [0.25, 0.3) is 10.9 Å². The smallest absolute Gasteiger partial charge is 0.406 e. The maximum atomic E-state index is 12.5. The number of rotatable bonds is 5. The van der Waals surface area contributed by atoms with Gasteiger partial charge in [-0.3, -0.25) is 4.79 Å². The quantitative estimate of drug-likeness (QED) is 0.588. The van der Waals surface area contributed by atoms with Gasteiger partial charge in [-0.25, -0.2) is 4.68 Å². The number of fused-ring (bicyclic) bond motifs is 1. The minimum atomic E-state index is -4.83. The number of ether oxygens (including phenoxy) is 1.